The van der Waals surface area contributed by atoms with Crippen molar-refractivity contribution in [2.24, 2.45) is 0 Å². The molecule has 0 saturated carbocycles. The molecule has 76 valence electrons. The van der Waals surface area contributed by atoms with E-state index in [4.69, 9.17) is 0 Å². The lowest BCUT2D eigenvalue weighted by molar-refractivity contribution is 0.0941. The van der Waals surface area contributed by atoms with Gasteiger partial charge < -0.3 is 5.32 Å². The van der Waals surface area contributed by atoms with Gasteiger partial charge in [0.25, 0.3) is 5.91 Å². The predicted octanol–water partition coefficient (Wildman–Crippen LogP) is 1.23. The maximum atomic E-state index is 11.7. The van der Waals surface area contributed by atoms with Crippen molar-refractivity contribution in [3.63, 3.8) is 0 Å². The van der Waals surface area contributed by atoms with Crippen molar-refractivity contribution in [1.29, 1.82) is 0 Å². The molecule has 1 rings (SSSR count). The van der Waals surface area contributed by atoms with Crippen LogP contribution in [0.25, 0.3) is 0 Å². The maximum absolute atomic E-state index is 11.7. The second-order valence-electron chi connectivity index (χ2n) is 3.55. The van der Waals surface area contributed by atoms with E-state index in [0.717, 1.165) is 11.4 Å². The van der Waals surface area contributed by atoms with Crippen molar-refractivity contribution in [3.05, 3.63) is 23.3 Å². The third-order valence-corrected chi connectivity index (χ3v) is 1.87. The Morgan fingerprint density at radius 1 is 1.29 bits per heavy atom. The van der Waals surface area contributed by atoms with Crippen LogP contribution in [-0.2, 0) is 0 Å². The fraction of sp³-hybridized carbons (Fsp3) is 0.500. The first-order valence-electron chi connectivity index (χ1n) is 4.61. The molecule has 0 saturated heterocycles. The first kappa shape index (κ1) is 10.6. The molecular weight excluding hydrogens is 178 g/mol. The summed E-state index contributed by atoms with van der Waals surface area (Å²) < 4.78 is 0. The van der Waals surface area contributed by atoms with Gasteiger partial charge in [-0.2, -0.15) is 0 Å². The quantitative estimate of drug-likeness (QED) is 0.768. The second kappa shape index (κ2) is 4.17. The summed E-state index contributed by atoms with van der Waals surface area (Å²) in [4.78, 5) is 19.7. The third-order valence-electron chi connectivity index (χ3n) is 1.87. The number of amides is 1. The number of aryl methyl sites for hydroxylation is 2. The molecular formula is C10H15N3O. The van der Waals surface area contributed by atoms with Crippen molar-refractivity contribution in [1.82, 2.24) is 15.3 Å². The summed E-state index contributed by atoms with van der Waals surface area (Å²) in [6.07, 6.45) is 1.47. The Labute approximate surface area is 83.8 Å². The van der Waals surface area contributed by atoms with Crippen molar-refractivity contribution >= 4 is 5.91 Å². The highest BCUT2D eigenvalue weighted by atomic mass is 16.1. The minimum atomic E-state index is -0.101. The van der Waals surface area contributed by atoms with Crippen LogP contribution in [0.15, 0.2) is 6.33 Å². The minimum absolute atomic E-state index is 0.101. The van der Waals surface area contributed by atoms with E-state index in [1.54, 1.807) is 0 Å². The van der Waals surface area contributed by atoms with Crippen LogP contribution in [0.5, 0.6) is 0 Å². The van der Waals surface area contributed by atoms with E-state index in [9.17, 15) is 4.79 Å². The molecule has 1 amide bonds. The average molecular weight is 193 g/mol. The molecule has 1 N–H and O–H groups in total. The van der Waals surface area contributed by atoms with Gasteiger partial charge in [-0.1, -0.05) is 0 Å². The lowest BCUT2D eigenvalue weighted by Gasteiger charge is -2.10. The van der Waals surface area contributed by atoms with Crippen LogP contribution in [0, 0.1) is 13.8 Å². The lowest BCUT2D eigenvalue weighted by atomic mass is 10.1. The SMILES string of the molecule is Cc1ncnc(C)c1C(=O)NC(C)C. The Morgan fingerprint density at radius 3 is 2.21 bits per heavy atom. The number of aromatic nitrogens is 2. The van der Waals surface area contributed by atoms with E-state index in [2.05, 4.69) is 15.3 Å². The van der Waals surface area contributed by atoms with Crippen LogP contribution in [0.2, 0.25) is 0 Å². The van der Waals surface area contributed by atoms with Crippen LogP contribution < -0.4 is 5.32 Å². The Morgan fingerprint density at radius 2 is 1.79 bits per heavy atom. The van der Waals surface area contributed by atoms with E-state index in [1.807, 2.05) is 27.7 Å². The third kappa shape index (κ3) is 2.28. The maximum Gasteiger partial charge on any atom is 0.255 e. The first-order chi connectivity index (χ1) is 6.52. The number of hydrogen-bond donors (Lipinski definition) is 1. The van der Waals surface area contributed by atoms with Gasteiger partial charge in [-0.05, 0) is 27.7 Å². The molecule has 0 fully saturated rings. The molecule has 0 radical (unpaired) electrons. The molecule has 0 aliphatic carbocycles. The van der Waals surface area contributed by atoms with Gasteiger partial charge in [0.15, 0.2) is 0 Å². The zero-order valence-corrected chi connectivity index (χ0v) is 8.96. The van der Waals surface area contributed by atoms with E-state index in [0.29, 0.717) is 5.56 Å². The van der Waals surface area contributed by atoms with Gasteiger partial charge >= 0.3 is 0 Å². The summed E-state index contributed by atoms with van der Waals surface area (Å²) in [5, 5.41) is 2.82. The molecule has 4 heteroatoms. The molecule has 4 nitrogen and oxygen atoms in total. The fourth-order valence-electron chi connectivity index (χ4n) is 1.26. The zero-order chi connectivity index (χ0) is 10.7. The normalized spacial score (nSPS) is 10.4. The standard InChI is InChI=1S/C10H15N3O/c1-6(2)13-10(14)9-7(3)11-5-12-8(9)4/h5-6H,1-4H3,(H,13,14). The molecule has 1 aromatic rings. The monoisotopic (exact) mass is 193 g/mol. The number of carbonyl (C=O) groups excluding carboxylic acids is 1. The smallest absolute Gasteiger partial charge is 0.255 e. The van der Waals surface area contributed by atoms with Gasteiger partial charge in [-0.25, -0.2) is 9.97 Å². The Bertz CT molecular complexity index is 327. The highest BCUT2D eigenvalue weighted by Gasteiger charge is 2.14. The van der Waals surface area contributed by atoms with Gasteiger partial charge in [0.2, 0.25) is 0 Å². The topological polar surface area (TPSA) is 54.9 Å². The van der Waals surface area contributed by atoms with Crippen molar-refractivity contribution < 1.29 is 4.79 Å². The molecule has 0 bridgehead atoms. The van der Waals surface area contributed by atoms with Crippen LogP contribution in [0.3, 0.4) is 0 Å². The van der Waals surface area contributed by atoms with E-state index < -0.39 is 0 Å². The van der Waals surface area contributed by atoms with Crippen LogP contribution in [-0.4, -0.2) is 21.9 Å². The van der Waals surface area contributed by atoms with E-state index in [1.165, 1.54) is 6.33 Å². The van der Waals surface area contributed by atoms with Crippen LogP contribution >= 0.6 is 0 Å². The summed E-state index contributed by atoms with van der Waals surface area (Å²) in [5.74, 6) is -0.101. The molecule has 0 aliphatic heterocycles. The molecule has 1 aromatic heterocycles. The highest BCUT2D eigenvalue weighted by molar-refractivity contribution is 5.96. The number of nitrogens with zero attached hydrogens (tertiary/aromatic N) is 2. The molecule has 0 unspecified atom stereocenters. The minimum Gasteiger partial charge on any atom is -0.350 e. The van der Waals surface area contributed by atoms with Crippen LogP contribution in [0.1, 0.15) is 35.6 Å². The molecule has 0 spiro atoms. The van der Waals surface area contributed by atoms with Crippen LogP contribution in [0.4, 0.5) is 0 Å². The number of nitrogens with one attached hydrogen (secondary N) is 1. The van der Waals surface area contributed by atoms with Crippen molar-refractivity contribution in [2.75, 3.05) is 0 Å². The van der Waals surface area contributed by atoms with Gasteiger partial charge in [0, 0.05) is 6.04 Å². The lowest BCUT2D eigenvalue weighted by Crippen LogP contribution is -2.31. The van der Waals surface area contributed by atoms with E-state index >= 15 is 0 Å². The fourth-order valence-corrected chi connectivity index (χ4v) is 1.26. The zero-order valence-electron chi connectivity index (χ0n) is 8.96. The largest absolute Gasteiger partial charge is 0.350 e. The Kier molecular flexibility index (Phi) is 3.17. The Hall–Kier alpha value is -1.45. The summed E-state index contributed by atoms with van der Waals surface area (Å²) in [5.41, 5.74) is 2.02. The van der Waals surface area contributed by atoms with Gasteiger partial charge in [-0.3, -0.25) is 4.79 Å². The summed E-state index contributed by atoms with van der Waals surface area (Å²) in [6, 6.07) is 0.126. The van der Waals surface area contributed by atoms with Gasteiger partial charge in [0.1, 0.15) is 6.33 Å². The highest BCUT2D eigenvalue weighted by Crippen LogP contribution is 2.07. The summed E-state index contributed by atoms with van der Waals surface area (Å²) in [7, 11) is 0. The number of hydrogen-bond acceptors (Lipinski definition) is 3. The van der Waals surface area contributed by atoms with Gasteiger partial charge in [0.05, 0.1) is 17.0 Å². The molecule has 1 heterocycles. The molecule has 0 atom stereocenters. The number of rotatable bonds is 2. The number of carbonyl (C=O) groups is 1. The summed E-state index contributed by atoms with van der Waals surface area (Å²) >= 11 is 0. The molecule has 14 heavy (non-hydrogen) atoms. The van der Waals surface area contributed by atoms with Crippen molar-refractivity contribution in [2.45, 2.75) is 33.7 Å². The van der Waals surface area contributed by atoms with E-state index in [-0.39, 0.29) is 11.9 Å². The van der Waals surface area contributed by atoms with Gasteiger partial charge in [-0.15, -0.1) is 0 Å². The first-order valence-corrected chi connectivity index (χ1v) is 4.61. The summed E-state index contributed by atoms with van der Waals surface area (Å²) in [6.45, 7) is 7.46. The van der Waals surface area contributed by atoms with Crippen molar-refractivity contribution in [3.8, 4) is 0 Å². The second-order valence-corrected chi connectivity index (χ2v) is 3.55. The average Bonchev–Trinajstić information content (AvgIpc) is 2.01. The molecule has 0 aliphatic rings. The molecule has 0 aromatic carbocycles. The Balaban J connectivity index is 3.00. The predicted molar refractivity (Wildman–Crippen MR) is 54.1 cm³/mol.